The van der Waals surface area contributed by atoms with Gasteiger partial charge in [-0.3, -0.25) is 0 Å². The average molecular weight is 302 g/mol. The fourth-order valence-corrected chi connectivity index (χ4v) is 4.20. The smallest absolute Gasteiger partial charge is 0.186 e. The Kier molecular flexibility index (Phi) is 3.18. The van der Waals surface area contributed by atoms with E-state index in [1.807, 2.05) is 0 Å². The van der Waals surface area contributed by atoms with Crippen molar-refractivity contribution in [2.75, 3.05) is 18.0 Å². The van der Waals surface area contributed by atoms with Crippen molar-refractivity contribution in [2.24, 2.45) is 0 Å². The molecule has 1 aromatic rings. The number of aromatic nitrogens is 1. The van der Waals surface area contributed by atoms with E-state index in [4.69, 9.17) is 0 Å². The van der Waals surface area contributed by atoms with Gasteiger partial charge in [0.25, 0.3) is 0 Å². The lowest BCUT2D eigenvalue weighted by Gasteiger charge is -2.29. The van der Waals surface area contributed by atoms with Crippen LogP contribution in [0.2, 0.25) is 0 Å². The summed E-state index contributed by atoms with van der Waals surface area (Å²) in [5.74, 6) is 0. The lowest BCUT2D eigenvalue weighted by Crippen LogP contribution is -2.44. The zero-order valence-electron chi connectivity index (χ0n) is 9.16. The van der Waals surface area contributed by atoms with Gasteiger partial charge >= 0.3 is 0 Å². The molecule has 3 nitrogen and oxygen atoms in total. The molecule has 2 aliphatic rings. The van der Waals surface area contributed by atoms with Crippen LogP contribution in [0.4, 0.5) is 5.13 Å². The molecule has 1 N–H and O–H groups in total. The highest BCUT2D eigenvalue weighted by atomic mass is 79.9. The Hall–Kier alpha value is -0.130. The Balaban J connectivity index is 1.78. The molecule has 0 radical (unpaired) electrons. The van der Waals surface area contributed by atoms with Gasteiger partial charge in [-0.2, -0.15) is 0 Å². The fraction of sp³-hybridized carbons (Fsp3) is 0.727. The maximum absolute atomic E-state index is 4.55. The molecule has 88 valence electrons. The zero-order valence-corrected chi connectivity index (χ0v) is 11.6. The second-order valence-electron chi connectivity index (χ2n) is 4.56. The third-order valence-electron chi connectivity index (χ3n) is 3.57. The summed E-state index contributed by atoms with van der Waals surface area (Å²) in [6.45, 7) is 2.36. The highest BCUT2D eigenvalue weighted by molar-refractivity contribution is 9.10. The van der Waals surface area contributed by atoms with Crippen molar-refractivity contribution >= 4 is 32.4 Å². The van der Waals surface area contributed by atoms with E-state index < -0.39 is 0 Å². The summed E-state index contributed by atoms with van der Waals surface area (Å²) in [7, 11) is 0. The number of rotatable bonds is 2. The van der Waals surface area contributed by atoms with Gasteiger partial charge in [0.05, 0.1) is 0 Å². The van der Waals surface area contributed by atoms with Crippen molar-refractivity contribution in [1.29, 1.82) is 0 Å². The summed E-state index contributed by atoms with van der Waals surface area (Å²) in [4.78, 5) is 7.05. The van der Waals surface area contributed by atoms with Crippen LogP contribution < -0.4 is 10.2 Å². The van der Waals surface area contributed by atoms with Gasteiger partial charge in [-0.15, -0.1) is 11.3 Å². The Morgan fingerprint density at radius 3 is 3.06 bits per heavy atom. The van der Waals surface area contributed by atoms with Crippen LogP contribution in [-0.4, -0.2) is 30.2 Å². The number of halogens is 1. The van der Waals surface area contributed by atoms with Crippen molar-refractivity contribution in [1.82, 2.24) is 10.3 Å². The topological polar surface area (TPSA) is 28.2 Å². The molecule has 5 heteroatoms. The molecule has 3 heterocycles. The van der Waals surface area contributed by atoms with E-state index >= 15 is 0 Å². The van der Waals surface area contributed by atoms with Gasteiger partial charge in [-0.1, -0.05) is 0 Å². The molecular weight excluding hydrogens is 286 g/mol. The molecule has 0 bridgehead atoms. The monoisotopic (exact) mass is 301 g/mol. The lowest BCUT2D eigenvalue weighted by atomic mass is 10.0. The predicted octanol–water partition coefficient (Wildman–Crippen LogP) is 2.63. The zero-order chi connectivity index (χ0) is 11.0. The normalized spacial score (nSPS) is 30.2. The first-order valence-corrected chi connectivity index (χ1v) is 7.63. The first-order valence-electron chi connectivity index (χ1n) is 5.95. The van der Waals surface area contributed by atoms with E-state index in [0.29, 0.717) is 12.1 Å². The standard InChI is InChI=1S/C11H16BrN3S/c12-10-7-16-11(14-10)15-6-2-4-9(15)8-3-1-5-13-8/h7-9,13H,1-6H2. The number of nitrogens with zero attached hydrogens (tertiary/aromatic N) is 2. The van der Waals surface area contributed by atoms with Gasteiger partial charge in [0.15, 0.2) is 5.13 Å². The van der Waals surface area contributed by atoms with Crippen LogP contribution in [0, 0.1) is 0 Å². The molecular formula is C11H16BrN3S. The Morgan fingerprint density at radius 1 is 1.44 bits per heavy atom. The third kappa shape index (κ3) is 2.00. The van der Waals surface area contributed by atoms with Crippen molar-refractivity contribution in [3.63, 3.8) is 0 Å². The number of anilines is 1. The Morgan fingerprint density at radius 2 is 2.38 bits per heavy atom. The van der Waals surface area contributed by atoms with Crippen LogP contribution in [0.15, 0.2) is 9.98 Å². The van der Waals surface area contributed by atoms with Gasteiger partial charge < -0.3 is 10.2 Å². The SMILES string of the molecule is Brc1csc(N2CCCC2C2CCCN2)n1. The van der Waals surface area contributed by atoms with E-state index in [0.717, 1.165) is 4.60 Å². The van der Waals surface area contributed by atoms with Gasteiger partial charge in [-0.05, 0) is 48.2 Å². The molecule has 2 aliphatic heterocycles. The Labute approximate surface area is 108 Å². The third-order valence-corrected chi connectivity index (χ3v) is 5.16. The number of hydrogen-bond acceptors (Lipinski definition) is 4. The summed E-state index contributed by atoms with van der Waals surface area (Å²) < 4.78 is 0.970. The molecule has 0 spiro atoms. The first kappa shape index (κ1) is 11.0. The number of nitrogens with one attached hydrogen (secondary N) is 1. The van der Waals surface area contributed by atoms with Crippen molar-refractivity contribution in [2.45, 2.75) is 37.8 Å². The van der Waals surface area contributed by atoms with E-state index in [1.165, 1.54) is 43.9 Å². The molecule has 2 fully saturated rings. The molecule has 0 aliphatic carbocycles. The van der Waals surface area contributed by atoms with Gasteiger partial charge in [0.1, 0.15) is 4.60 Å². The summed E-state index contributed by atoms with van der Waals surface area (Å²) in [5, 5.41) is 6.89. The van der Waals surface area contributed by atoms with E-state index in [2.05, 4.69) is 36.5 Å². The second kappa shape index (κ2) is 4.63. The minimum absolute atomic E-state index is 0.667. The lowest BCUT2D eigenvalue weighted by molar-refractivity contribution is 0.482. The minimum Gasteiger partial charge on any atom is -0.344 e. The second-order valence-corrected chi connectivity index (χ2v) is 6.21. The van der Waals surface area contributed by atoms with Crippen LogP contribution in [0.3, 0.4) is 0 Å². The predicted molar refractivity (Wildman–Crippen MR) is 71.2 cm³/mol. The molecule has 2 unspecified atom stereocenters. The molecule has 16 heavy (non-hydrogen) atoms. The minimum atomic E-state index is 0.667. The Bertz CT molecular complexity index is 362. The molecule has 1 aromatic heterocycles. The van der Waals surface area contributed by atoms with Gasteiger partial charge in [0, 0.05) is 24.0 Å². The maximum Gasteiger partial charge on any atom is 0.186 e. The highest BCUT2D eigenvalue weighted by Gasteiger charge is 2.34. The van der Waals surface area contributed by atoms with E-state index in [1.54, 1.807) is 11.3 Å². The maximum atomic E-state index is 4.55. The van der Waals surface area contributed by atoms with Crippen molar-refractivity contribution < 1.29 is 0 Å². The van der Waals surface area contributed by atoms with Crippen molar-refractivity contribution in [3.8, 4) is 0 Å². The van der Waals surface area contributed by atoms with E-state index in [9.17, 15) is 0 Å². The van der Waals surface area contributed by atoms with Crippen LogP contribution in [0.1, 0.15) is 25.7 Å². The molecule has 2 atom stereocenters. The van der Waals surface area contributed by atoms with Crippen LogP contribution in [-0.2, 0) is 0 Å². The average Bonchev–Trinajstić information content (AvgIpc) is 2.96. The highest BCUT2D eigenvalue weighted by Crippen LogP contribution is 2.32. The summed E-state index contributed by atoms with van der Waals surface area (Å²) in [5.41, 5.74) is 0. The largest absolute Gasteiger partial charge is 0.344 e. The molecule has 0 saturated carbocycles. The summed E-state index contributed by atoms with van der Waals surface area (Å²) >= 11 is 5.19. The van der Waals surface area contributed by atoms with Crippen LogP contribution in [0.5, 0.6) is 0 Å². The van der Waals surface area contributed by atoms with Crippen LogP contribution >= 0.6 is 27.3 Å². The van der Waals surface area contributed by atoms with Gasteiger partial charge in [0.2, 0.25) is 0 Å². The van der Waals surface area contributed by atoms with Crippen molar-refractivity contribution in [3.05, 3.63) is 9.98 Å². The van der Waals surface area contributed by atoms with E-state index in [-0.39, 0.29) is 0 Å². The molecule has 2 saturated heterocycles. The first-order chi connectivity index (χ1) is 7.84. The van der Waals surface area contributed by atoms with Gasteiger partial charge in [-0.25, -0.2) is 4.98 Å². The van der Waals surface area contributed by atoms with Crippen LogP contribution in [0.25, 0.3) is 0 Å². The summed E-state index contributed by atoms with van der Waals surface area (Å²) in [6.07, 6.45) is 5.28. The molecule has 0 amide bonds. The fourth-order valence-electron chi connectivity index (χ4n) is 2.87. The number of hydrogen-bond donors (Lipinski definition) is 1. The molecule has 3 rings (SSSR count). The molecule has 0 aromatic carbocycles. The summed E-state index contributed by atoms with van der Waals surface area (Å²) in [6, 6.07) is 1.35. The quantitative estimate of drug-likeness (QED) is 0.910. The number of thiazole rings is 1.